The molecule has 1 aliphatic carbocycles. The Kier molecular flexibility index (Phi) is 2.37. The van der Waals surface area contributed by atoms with Crippen LogP contribution in [0.15, 0.2) is 0 Å². The van der Waals surface area contributed by atoms with Crippen LogP contribution >= 0.6 is 0 Å². The molecule has 2 aliphatic rings. The first-order valence-corrected chi connectivity index (χ1v) is 5.63. The molecule has 2 fully saturated rings. The summed E-state index contributed by atoms with van der Waals surface area (Å²) in [6.45, 7) is 8.13. The van der Waals surface area contributed by atoms with Crippen LogP contribution in [0.25, 0.3) is 0 Å². The second kappa shape index (κ2) is 3.25. The molecule has 0 bridgehead atoms. The van der Waals surface area contributed by atoms with Crippen LogP contribution in [0.4, 0.5) is 0 Å². The molecule has 0 aromatic rings. The smallest absolute Gasteiger partial charge is 0.0337 e. The number of hydrogen-bond donors (Lipinski definition) is 1. The number of hydrogen-bond acceptors (Lipinski definition) is 2. The van der Waals surface area contributed by atoms with Gasteiger partial charge < -0.3 is 5.73 Å². The molecule has 0 aromatic heterocycles. The van der Waals surface area contributed by atoms with Crippen LogP contribution in [-0.4, -0.2) is 30.1 Å². The van der Waals surface area contributed by atoms with E-state index in [-0.39, 0.29) is 0 Å². The Morgan fingerprint density at radius 2 is 2.00 bits per heavy atom. The molecular formula is C11H22N2. The largest absolute Gasteiger partial charge is 0.329 e. The van der Waals surface area contributed by atoms with Gasteiger partial charge in [-0.1, -0.05) is 13.8 Å². The van der Waals surface area contributed by atoms with Crippen LogP contribution in [0, 0.1) is 11.8 Å². The Bertz CT molecular complexity index is 179. The summed E-state index contributed by atoms with van der Waals surface area (Å²) < 4.78 is 0. The van der Waals surface area contributed by atoms with Crippen molar-refractivity contribution < 1.29 is 0 Å². The van der Waals surface area contributed by atoms with Gasteiger partial charge in [-0.25, -0.2) is 0 Å². The van der Waals surface area contributed by atoms with E-state index in [0.29, 0.717) is 5.54 Å². The van der Waals surface area contributed by atoms with E-state index in [0.717, 1.165) is 18.4 Å². The molecule has 2 nitrogen and oxygen atoms in total. The van der Waals surface area contributed by atoms with E-state index in [1.165, 1.54) is 32.4 Å². The lowest BCUT2D eigenvalue weighted by Crippen LogP contribution is -2.66. The van der Waals surface area contributed by atoms with E-state index in [4.69, 9.17) is 5.73 Å². The third-order valence-corrected chi connectivity index (χ3v) is 4.13. The summed E-state index contributed by atoms with van der Waals surface area (Å²) in [5, 5.41) is 0. The summed E-state index contributed by atoms with van der Waals surface area (Å²) in [7, 11) is 0. The third-order valence-electron chi connectivity index (χ3n) is 4.13. The van der Waals surface area contributed by atoms with Crippen molar-refractivity contribution in [3.63, 3.8) is 0 Å². The van der Waals surface area contributed by atoms with Crippen LogP contribution in [0.2, 0.25) is 0 Å². The Morgan fingerprint density at radius 3 is 2.31 bits per heavy atom. The van der Waals surface area contributed by atoms with Crippen LogP contribution in [0.3, 0.4) is 0 Å². The van der Waals surface area contributed by atoms with Gasteiger partial charge in [0.25, 0.3) is 0 Å². The quantitative estimate of drug-likeness (QED) is 0.716. The molecule has 1 saturated carbocycles. The molecule has 0 atom stereocenters. The van der Waals surface area contributed by atoms with E-state index in [1.54, 1.807) is 0 Å². The molecule has 13 heavy (non-hydrogen) atoms. The van der Waals surface area contributed by atoms with Crippen molar-refractivity contribution in [3.8, 4) is 0 Å². The minimum absolute atomic E-state index is 0.424. The topological polar surface area (TPSA) is 29.3 Å². The first kappa shape index (κ1) is 9.47. The molecule has 0 aromatic carbocycles. The van der Waals surface area contributed by atoms with Gasteiger partial charge in [0.1, 0.15) is 0 Å². The average molecular weight is 182 g/mol. The SMILES string of the molecule is CC(C)C1CC(CN)(N2CCC2)C1. The second-order valence-corrected chi connectivity index (χ2v) is 5.18. The van der Waals surface area contributed by atoms with E-state index >= 15 is 0 Å². The van der Waals surface area contributed by atoms with Crippen molar-refractivity contribution in [2.24, 2.45) is 17.6 Å². The zero-order chi connectivity index (χ0) is 9.47. The standard InChI is InChI=1S/C11H22N2/c1-9(2)10-6-11(7-10,8-12)13-4-3-5-13/h9-10H,3-8,12H2,1-2H3. The fourth-order valence-electron chi connectivity index (χ4n) is 2.73. The summed E-state index contributed by atoms with van der Waals surface area (Å²) in [5.74, 6) is 1.78. The summed E-state index contributed by atoms with van der Waals surface area (Å²) in [5.41, 5.74) is 6.32. The summed E-state index contributed by atoms with van der Waals surface area (Å²) >= 11 is 0. The van der Waals surface area contributed by atoms with Crippen LogP contribution in [0.5, 0.6) is 0 Å². The maximum Gasteiger partial charge on any atom is 0.0337 e. The highest BCUT2D eigenvalue weighted by Gasteiger charge is 2.49. The first-order chi connectivity index (χ1) is 6.18. The van der Waals surface area contributed by atoms with Gasteiger partial charge in [-0.15, -0.1) is 0 Å². The molecule has 76 valence electrons. The van der Waals surface area contributed by atoms with Crippen molar-refractivity contribution in [2.75, 3.05) is 19.6 Å². The van der Waals surface area contributed by atoms with Gasteiger partial charge in [-0.2, -0.15) is 0 Å². The first-order valence-electron chi connectivity index (χ1n) is 5.63. The lowest BCUT2D eigenvalue weighted by molar-refractivity contribution is -0.0674. The molecule has 2 heteroatoms. The maximum atomic E-state index is 5.90. The van der Waals surface area contributed by atoms with Crippen molar-refractivity contribution in [1.29, 1.82) is 0 Å². The van der Waals surface area contributed by atoms with E-state index in [9.17, 15) is 0 Å². The molecule has 1 heterocycles. The fraction of sp³-hybridized carbons (Fsp3) is 1.00. The zero-order valence-corrected chi connectivity index (χ0v) is 8.92. The number of rotatable bonds is 3. The summed E-state index contributed by atoms with van der Waals surface area (Å²) in [4.78, 5) is 2.60. The molecule has 0 spiro atoms. The Balaban J connectivity index is 1.90. The van der Waals surface area contributed by atoms with Crippen molar-refractivity contribution in [3.05, 3.63) is 0 Å². The van der Waals surface area contributed by atoms with Crippen LogP contribution < -0.4 is 5.73 Å². The Morgan fingerprint density at radius 1 is 1.38 bits per heavy atom. The number of nitrogens with zero attached hydrogens (tertiary/aromatic N) is 1. The number of nitrogens with two attached hydrogens (primary N) is 1. The van der Waals surface area contributed by atoms with Crippen molar-refractivity contribution in [1.82, 2.24) is 4.90 Å². The maximum absolute atomic E-state index is 5.90. The highest BCUT2D eigenvalue weighted by molar-refractivity contribution is 5.05. The molecule has 2 rings (SSSR count). The average Bonchev–Trinajstić information content (AvgIpc) is 1.90. The molecule has 0 unspecified atom stereocenters. The zero-order valence-electron chi connectivity index (χ0n) is 8.92. The van der Waals surface area contributed by atoms with E-state index in [1.807, 2.05) is 0 Å². The monoisotopic (exact) mass is 182 g/mol. The van der Waals surface area contributed by atoms with Crippen LogP contribution in [0.1, 0.15) is 33.1 Å². The van der Waals surface area contributed by atoms with Gasteiger partial charge in [-0.3, -0.25) is 4.90 Å². The van der Waals surface area contributed by atoms with E-state index in [2.05, 4.69) is 18.7 Å². The van der Waals surface area contributed by atoms with Gasteiger partial charge in [0.05, 0.1) is 0 Å². The fourth-order valence-corrected chi connectivity index (χ4v) is 2.73. The normalized spacial score (nSPS) is 40.2. The van der Waals surface area contributed by atoms with Gasteiger partial charge >= 0.3 is 0 Å². The number of likely N-dealkylation sites (tertiary alicyclic amines) is 1. The highest BCUT2D eigenvalue weighted by Crippen LogP contribution is 2.46. The van der Waals surface area contributed by atoms with Crippen molar-refractivity contribution in [2.45, 2.75) is 38.6 Å². The Labute approximate surface area is 81.5 Å². The van der Waals surface area contributed by atoms with Crippen LogP contribution in [-0.2, 0) is 0 Å². The predicted octanol–water partition coefficient (Wildman–Crippen LogP) is 1.46. The molecular weight excluding hydrogens is 160 g/mol. The van der Waals surface area contributed by atoms with Crippen molar-refractivity contribution >= 4 is 0 Å². The molecule has 1 saturated heterocycles. The second-order valence-electron chi connectivity index (χ2n) is 5.18. The molecule has 0 amide bonds. The predicted molar refractivity (Wildman–Crippen MR) is 55.5 cm³/mol. The van der Waals surface area contributed by atoms with Gasteiger partial charge in [0, 0.05) is 12.1 Å². The minimum atomic E-state index is 0.424. The lowest BCUT2D eigenvalue weighted by atomic mass is 9.62. The Hall–Kier alpha value is -0.0800. The van der Waals surface area contributed by atoms with Gasteiger partial charge in [-0.05, 0) is 44.2 Å². The summed E-state index contributed by atoms with van der Waals surface area (Å²) in [6.07, 6.45) is 4.08. The van der Waals surface area contributed by atoms with Gasteiger partial charge in [0.15, 0.2) is 0 Å². The molecule has 0 radical (unpaired) electrons. The molecule has 1 aliphatic heterocycles. The van der Waals surface area contributed by atoms with E-state index < -0.39 is 0 Å². The molecule has 2 N–H and O–H groups in total. The highest BCUT2D eigenvalue weighted by atomic mass is 15.3. The van der Waals surface area contributed by atoms with Gasteiger partial charge in [0.2, 0.25) is 0 Å². The summed E-state index contributed by atoms with van der Waals surface area (Å²) in [6, 6.07) is 0. The third kappa shape index (κ3) is 1.40. The lowest BCUT2D eigenvalue weighted by Gasteiger charge is -2.58. The minimum Gasteiger partial charge on any atom is -0.329 e.